The van der Waals surface area contributed by atoms with E-state index in [2.05, 4.69) is 26.5 Å². The third kappa shape index (κ3) is 6.96. The van der Waals surface area contributed by atoms with Gasteiger partial charge in [0.15, 0.2) is 0 Å². The van der Waals surface area contributed by atoms with E-state index < -0.39 is 0 Å². The molecule has 0 bridgehead atoms. The lowest BCUT2D eigenvalue weighted by molar-refractivity contribution is -0.00349. The van der Waals surface area contributed by atoms with Gasteiger partial charge in [0.1, 0.15) is 0 Å². The summed E-state index contributed by atoms with van der Waals surface area (Å²) in [5.74, 6) is 1.74. The molecule has 0 aromatic heterocycles. The lowest BCUT2D eigenvalue weighted by Gasteiger charge is -2.23. The van der Waals surface area contributed by atoms with Gasteiger partial charge in [-0.15, -0.1) is 0 Å². The fourth-order valence-corrected chi connectivity index (χ4v) is 1.35. The third-order valence-electron chi connectivity index (χ3n) is 1.88. The van der Waals surface area contributed by atoms with Crippen LogP contribution < -0.4 is 0 Å². The van der Waals surface area contributed by atoms with Crippen molar-refractivity contribution in [2.24, 2.45) is 0 Å². The van der Waals surface area contributed by atoms with E-state index in [0.29, 0.717) is 6.61 Å². The first-order valence-electron chi connectivity index (χ1n) is 4.47. The first kappa shape index (κ1) is 12.8. The summed E-state index contributed by atoms with van der Waals surface area (Å²) in [5, 5.41) is 0. The lowest BCUT2D eigenvalue weighted by atomic mass is 10.1. The zero-order valence-electron chi connectivity index (χ0n) is 8.96. The standard InChI is InChI=1S/C10H20O2S/c1-9(11-4)5-7-12-10(2,3)6-8-13/h5,13H,6-8H2,1-4H3/b9-5+. The molecule has 0 fully saturated rings. The second-order valence-electron chi connectivity index (χ2n) is 3.56. The Balaban J connectivity index is 3.74. The van der Waals surface area contributed by atoms with Crippen molar-refractivity contribution in [1.82, 2.24) is 0 Å². The number of hydrogen-bond acceptors (Lipinski definition) is 3. The van der Waals surface area contributed by atoms with Gasteiger partial charge in [0.05, 0.1) is 25.1 Å². The Kier molecular flexibility index (Phi) is 6.25. The van der Waals surface area contributed by atoms with E-state index >= 15 is 0 Å². The zero-order chi connectivity index (χ0) is 10.3. The smallest absolute Gasteiger partial charge is 0.0907 e. The lowest BCUT2D eigenvalue weighted by Crippen LogP contribution is -2.25. The normalized spacial score (nSPS) is 13.2. The van der Waals surface area contributed by atoms with Crippen molar-refractivity contribution in [1.29, 1.82) is 0 Å². The first-order chi connectivity index (χ1) is 6.02. The van der Waals surface area contributed by atoms with Gasteiger partial charge in [-0.05, 0) is 39.0 Å². The quantitative estimate of drug-likeness (QED) is 0.529. The molecule has 0 saturated heterocycles. The molecular formula is C10H20O2S. The van der Waals surface area contributed by atoms with Crippen LogP contribution in [0.1, 0.15) is 27.2 Å². The maximum absolute atomic E-state index is 5.64. The Labute approximate surface area is 86.7 Å². The van der Waals surface area contributed by atoms with Crippen LogP contribution in [-0.2, 0) is 9.47 Å². The van der Waals surface area contributed by atoms with Crippen molar-refractivity contribution in [3.8, 4) is 0 Å². The molecule has 0 aliphatic heterocycles. The zero-order valence-corrected chi connectivity index (χ0v) is 9.86. The molecule has 0 saturated carbocycles. The van der Waals surface area contributed by atoms with Crippen LogP contribution in [0.3, 0.4) is 0 Å². The predicted octanol–water partition coefficient (Wildman–Crippen LogP) is 2.65. The summed E-state index contributed by atoms with van der Waals surface area (Å²) in [7, 11) is 1.66. The number of thiol groups is 1. The molecule has 13 heavy (non-hydrogen) atoms. The number of methoxy groups -OCH3 is 1. The van der Waals surface area contributed by atoms with Crippen LogP contribution >= 0.6 is 12.6 Å². The Bertz CT molecular complexity index is 164. The van der Waals surface area contributed by atoms with Gasteiger partial charge in [0, 0.05) is 0 Å². The van der Waals surface area contributed by atoms with Crippen LogP contribution in [0.15, 0.2) is 11.8 Å². The summed E-state index contributed by atoms with van der Waals surface area (Å²) in [5.41, 5.74) is -0.0910. The molecule has 78 valence electrons. The minimum absolute atomic E-state index is 0.0910. The van der Waals surface area contributed by atoms with Crippen molar-refractivity contribution < 1.29 is 9.47 Å². The number of ether oxygens (including phenoxy) is 2. The molecule has 0 rings (SSSR count). The summed E-state index contributed by atoms with van der Waals surface area (Å²) >= 11 is 4.18. The second-order valence-corrected chi connectivity index (χ2v) is 4.01. The van der Waals surface area contributed by atoms with Crippen LogP contribution in [0.4, 0.5) is 0 Å². The van der Waals surface area contributed by atoms with Gasteiger partial charge < -0.3 is 9.47 Å². The minimum Gasteiger partial charge on any atom is -0.502 e. The molecule has 3 heteroatoms. The van der Waals surface area contributed by atoms with E-state index in [1.54, 1.807) is 7.11 Å². The molecule has 0 aliphatic rings. The Morgan fingerprint density at radius 2 is 2.08 bits per heavy atom. The van der Waals surface area contributed by atoms with Crippen LogP contribution in [0.25, 0.3) is 0 Å². The van der Waals surface area contributed by atoms with Crippen LogP contribution in [0.5, 0.6) is 0 Å². The van der Waals surface area contributed by atoms with Crippen LogP contribution in [0, 0.1) is 0 Å². The Hall–Kier alpha value is -0.150. The number of allylic oxidation sites excluding steroid dienone is 1. The molecule has 0 aliphatic carbocycles. The highest BCUT2D eigenvalue weighted by molar-refractivity contribution is 7.80. The first-order valence-corrected chi connectivity index (χ1v) is 5.10. The largest absolute Gasteiger partial charge is 0.502 e. The van der Waals surface area contributed by atoms with Gasteiger partial charge in [-0.1, -0.05) is 0 Å². The van der Waals surface area contributed by atoms with E-state index in [-0.39, 0.29) is 5.60 Å². The topological polar surface area (TPSA) is 18.5 Å². The van der Waals surface area contributed by atoms with E-state index in [0.717, 1.165) is 17.9 Å². The number of rotatable bonds is 6. The molecule has 0 aromatic rings. The van der Waals surface area contributed by atoms with Crippen molar-refractivity contribution in [3.05, 3.63) is 11.8 Å². The molecule has 0 aromatic carbocycles. The van der Waals surface area contributed by atoms with E-state index in [9.17, 15) is 0 Å². The third-order valence-corrected chi connectivity index (χ3v) is 2.10. The molecular weight excluding hydrogens is 184 g/mol. The molecule has 0 N–H and O–H groups in total. The van der Waals surface area contributed by atoms with Crippen LogP contribution in [-0.4, -0.2) is 25.1 Å². The summed E-state index contributed by atoms with van der Waals surface area (Å²) < 4.78 is 10.6. The van der Waals surface area contributed by atoms with Crippen molar-refractivity contribution >= 4 is 12.6 Å². The van der Waals surface area contributed by atoms with Gasteiger partial charge >= 0.3 is 0 Å². The maximum atomic E-state index is 5.64. The van der Waals surface area contributed by atoms with Gasteiger partial charge in [-0.25, -0.2) is 0 Å². The fourth-order valence-electron chi connectivity index (χ4n) is 0.809. The van der Waals surface area contributed by atoms with Crippen molar-refractivity contribution in [2.75, 3.05) is 19.5 Å². The van der Waals surface area contributed by atoms with Gasteiger partial charge in [0.25, 0.3) is 0 Å². The minimum atomic E-state index is -0.0910. The van der Waals surface area contributed by atoms with E-state index in [4.69, 9.17) is 9.47 Å². The predicted molar refractivity (Wildman–Crippen MR) is 59.3 cm³/mol. The number of hydrogen-bond donors (Lipinski definition) is 1. The fraction of sp³-hybridized carbons (Fsp3) is 0.800. The van der Waals surface area contributed by atoms with Gasteiger partial charge in [-0.2, -0.15) is 12.6 Å². The molecule has 0 spiro atoms. The molecule has 0 amide bonds. The summed E-state index contributed by atoms with van der Waals surface area (Å²) in [4.78, 5) is 0. The summed E-state index contributed by atoms with van der Waals surface area (Å²) in [6, 6.07) is 0. The summed E-state index contributed by atoms with van der Waals surface area (Å²) in [6.45, 7) is 6.65. The van der Waals surface area contributed by atoms with E-state index in [1.165, 1.54) is 0 Å². The molecule has 0 radical (unpaired) electrons. The molecule has 0 heterocycles. The van der Waals surface area contributed by atoms with Gasteiger partial charge in [-0.3, -0.25) is 0 Å². The SMILES string of the molecule is CO/C(C)=C/COC(C)(C)CCS. The Morgan fingerprint density at radius 3 is 2.54 bits per heavy atom. The van der Waals surface area contributed by atoms with E-state index in [1.807, 2.05) is 13.0 Å². The molecule has 0 unspecified atom stereocenters. The maximum Gasteiger partial charge on any atom is 0.0907 e. The highest BCUT2D eigenvalue weighted by Gasteiger charge is 2.15. The molecule has 0 atom stereocenters. The van der Waals surface area contributed by atoms with Crippen molar-refractivity contribution in [3.63, 3.8) is 0 Å². The highest BCUT2D eigenvalue weighted by atomic mass is 32.1. The molecule has 2 nitrogen and oxygen atoms in total. The van der Waals surface area contributed by atoms with Crippen molar-refractivity contribution in [2.45, 2.75) is 32.8 Å². The van der Waals surface area contributed by atoms with Gasteiger partial charge in [0.2, 0.25) is 0 Å². The average Bonchev–Trinajstić information content (AvgIpc) is 2.03. The highest BCUT2D eigenvalue weighted by Crippen LogP contribution is 2.14. The second kappa shape index (κ2) is 6.33. The van der Waals surface area contributed by atoms with Crippen LogP contribution in [0.2, 0.25) is 0 Å². The monoisotopic (exact) mass is 204 g/mol. The average molecular weight is 204 g/mol. The summed E-state index contributed by atoms with van der Waals surface area (Å²) in [6.07, 6.45) is 2.89. The Morgan fingerprint density at radius 1 is 1.46 bits per heavy atom.